The van der Waals surface area contributed by atoms with Crippen molar-refractivity contribution >= 4 is 11.7 Å². The van der Waals surface area contributed by atoms with E-state index in [9.17, 15) is 9.18 Å². The Balaban J connectivity index is 0.00000204. The number of benzene rings is 2. The number of likely N-dealkylation sites (N-methyl/N-ethyl adjacent to an activating group) is 1. The Morgan fingerprint density at radius 2 is 1.76 bits per heavy atom. The minimum absolute atomic E-state index is 0.0740. The first kappa shape index (κ1) is 24.6. The predicted octanol–water partition coefficient (Wildman–Crippen LogP) is 5.93. The summed E-state index contributed by atoms with van der Waals surface area (Å²) in [6.45, 7) is 8.83. The third-order valence-electron chi connectivity index (χ3n) is 4.74. The van der Waals surface area contributed by atoms with Crippen LogP contribution in [-0.4, -0.2) is 31.6 Å². The number of nitrogens with one attached hydrogen (secondary N) is 2. The summed E-state index contributed by atoms with van der Waals surface area (Å²) in [5.74, 6) is -0.327. The molecule has 1 atom stereocenters. The molecule has 0 saturated heterocycles. The number of amides is 2. The third-order valence-corrected chi connectivity index (χ3v) is 4.74. The van der Waals surface area contributed by atoms with Gasteiger partial charge in [-0.3, -0.25) is 0 Å². The lowest BCUT2D eigenvalue weighted by molar-refractivity contribution is 0.243. The van der Waals surface area contributed by atoms with Gasteiger partial charge in [0.05, 0.1) is 6.04 Å². The zero-order valence-corrected chi connectivity index (χ0v) is 18.7. The molecule has 2 N–H and O–H groups in total. The smallest absolute Gasteiger partial charge is 0.319 e. The SMILES string of the molecule is CC.CCCCc1cc(C(CNC(=O)Nc2ccc(F)cc2)N(C)C)ccc1C. The van der Waals surface area contributed by atoms with Crippen molar-refractivity contribution in [3.05, 3.63) is 65.0 Å². The number of carbonyl (C=O) groups is 1. The van der Waals surface area contributed by atoms with E-state index < -0.39 is 0 Å². The minimum atomic E-state index is -0.327. The Bertz CT molecular complexity index is 744. The molecule has 0 aliphatic heterocycles. The van der Waals surface area contributed by atoms with Crippen LogP contribution in [-0.2, 0) is 6.42 Å². The van der Waals surface area contributed by atoms with Gasteiger partial charge in [0.2, 0.25) is 0 Å². The van der Waals surface area contributed by atoms with Crippen LogP contribution in [0, 0.1) is 12.7 Å². The molecule has 160 valence electrons. The van der Waals surface area contributed by atoms with E-state index in [-0.39, 0.29) is 17.9 Å². The maximum absolute atomic E-state index is 13.0. The fourth-order valence-electron chi connectivity index (χ4n) is 3.03. The lowest BCUT2D eigenvalue weighted by atomic mass is 9.96. The molecule has 1 unspecified atom stereocenters. The lowest BCUT2D eigenvalue weighted by Crippen LogP contribution is -2.37. The first-order valence-electron chi connectivity index (χ1n) is 10.5. The van der Waals surface area contributed by atoms with Crippen LogP contribution >= 0.6 is 0 Å². The summed E-state index contributed by atoms with van der Waals surface area (Å²) < 4.78 is 13.0. The fraction of sp³-hybridized carbons (Fsp3) is 0.458. The molecule has 4 nitrogen and oxygen atoms in total. The standard InChI is InChI=1S/C22H30FN3O.C2H6/c1-5-6-7-17-14-18(9-8-16(17)2)21(26(3)4)15-24-22(27)25-20-12-10-19(23)11-13-20;1-2/h8-14,21H,5-7,15H2,1-4H3,(H2,24,25,27);1-2H3. The molecule has 0 radical (unpaired) electrons. The van der Waals surface area contributed by atoms with Crippen LogP contribution in [0.3, 0.4) is 0 Å². The third kappa shape index (κ3) is 8.24. The molecule has 2 rings (SSSR count). The lowest BCUT2D eigenvalue weighted by Gasteiger charge is -2.26. The van der Waals surface area contributed by atoms with E-state index in [0.717, 1.165) is 6.42 Å². The van der Waals surface area contributed by atoms with Crippen molar-refractivity contribution in [3.8, 4) is 0 Å². The van der Waals surface area contributed by atoms with Gasteiger partial charge in [-0.15, -0.1) is 0 Å². The van der Waals surface area contributed by atoms with Gasteiger partial charge >= 0.3 is 6.03 Å². The number of anilines is 1. The van der Waals surface area contributed by atoms with Crippen molar-refractivity contribution in [1.29, 1.82) is 0 Å². The van der Waals surface area contributed by atoms with E-state index in [1.54, 1.807) is 12.1 Å². The van der Waals surface area contributed by atoms with Crippen LogP contribution in [0.1, 0.15) is 56.3 Å². The molecule has 5 heteroatoms. The van der Waals surface area contributed by atoms with Gasteiger partial charge in [-0.1, -0.05) is 45.4 Å². The van der Waals surface area contributed by atoms with Crippen LogP contribution in [0.4, 0.5) is 14.9 Å². The largest absolute Gasteiger partial charge is 0.336 e. The number of halogens is 1. The molecule has 2 aromatic carbocycles. The van der Waals surface area contributed by atoms with Crippen LogP contribution in [0.15, 0.2) is 42.5 Å². The Kier molecular flexibility index (Phi) is 11.0. The van der Waals surface area contributed by atoms with Crippen molar-refractivity contribution in [2.75, 3.05) is 26.0 Å². The van der Waals surface area contributed by atoms with Gasteiger partial charge in [0.25, 0.3) is 0 Å². The molecule has 0 fully saturated rings. The molecule has 0 saturated carbocycles. The Hall–Kier alpha value is -2.40. The minimum Gasteiger partial charge on any atom is -0.336 e. The maximum atomic E-state index is 13.0. The summed E-state index contributed by atoms with van der Waals surface area (Å²) in [4.78, 5) is 14.3. The predicted molar refractivity (Wildman–Crippen MR) is 121 cm³/mol. The van der Waals surface area contributed by atoms with Gasteiger partial charge in [-0.25, -0.2) is 9.18 Å². The van der Waals surface area contributed by atoms with Crippen molar-refractivity contribution in [1.82, 2.24) is 10.2 Å². The number of nitrogens with zero attached hydrogens (tertiary/aromatic N) is 1. The molecule has 29 heavy (non-hydrogen) atoms. The summed E-state index contributed by atoms with van der Waals surface area (Å²) in [7, 11) is 4.02. The van der Waals surface area contributed by atoms with Gasteiger partial charge < -0.3 is 15.5 Å². The van der Waals surface area contributed by atoms with Crippen LogP contribution in [0.5, 0.6) is 0 Å². The quantitative estimate of drug-likeness (QED) is 0.576. The second-order valence-corrected chi connectivity index (χ2v) is 7.11. The Morgan fingerprint density at radius 1 is 1.10 bits per heavy atom. The average Bonchev–Trinajstić information content (AvgIpc) is 2.71. The number of rotatable bonds is 8. The van der Waals surface area contributed by atoms with Gasteiger partial charge in [-0.05, 0) is 74.8 Å². The molecule has 0 spiro atoms. The molecule has 2 aromatic rings. The zero-order valence-electron chi connectivity index (χ0n) is 18.7. The highest BCUT2D eigenvalue weighted by molar-refractivity contribution is 5.89. The number of carbonyl (C=O) groups excluding carboxylic acids is 1. The van der Waals surface area contributed by atoms with Gasteiger partial charge in [0.15, 0.2) is 0 Å². The highest BCUT2D eigenvalue weighted by Gasteiger charge is 2.16. The summed E-state index contributed by atoms with van der Waals surface area (Å²) in [6, 6.07) is 12.1. The summed E-state index contributed by atoms with van der Waals surface area (Å²) >= 11 is 0. The number of hydrogen-bond acceptors (Lipinski definition) is 2. The molecular weight excluding hydrogens is 365 g/mol. The molecule has 0 bridgehead atoms. The molecule has 2 amide bonds. The van der Waals surface area contributed by atoms with Gasteiger partial charge in [0, 0.05) is 12.2 Å². The summed E-state index contributed by atoms with van der Waals surface area (Å²) in [5, 5.41) is 5.65. The Labute approximate surface area is 175 Å². The highest BCUT2D eigenvalue weighted by atomic mass is 19.1. The second-order valence-electron chi connectivity index (χ2n) is 7.11. The van der Waals surface area contributed by atoms with Crippen molar-refractivity contribution in [2.45, 2.75) is 53.0 Å². The van der Waals surface area contributed by atoms with Gasteiger partial charge in [0.1, 0.15) is 5.82 Å². The van der Waals surface area contributed by atoms with E-state index in [0.29, 0.717) is 12.2 Å². The first-order chi connectivity index (χ1) is 13.9. The highest BCUT2D eigenvalue weighted by Crippen LogP contribution is 2.22. The van der Waals surface area contributed by atoms with Crippen LogP contribution in [0.25, 0.3) is 0 Å². The van der Waals surface area contributed by atoms with E-state index in [1.165, 1.54) is 41.7 Å². The normalized spacial score (nSPS) is 11.4. The van der Waals surface area contributed by atoms with Crippen molar-refractivity contribution < 1.29 is 9.18 Å². The topological polar surface area (TPSA) is 44.4 Å². The fourth-order valence-corrected chi connectivity index (χ4v) is 3.03. The van der Waals surface area contributed by atoms with E-state index in [4.69, 9.17) is 0 Å². The van der Waals surface area contributed by atoms with E-state index >= 15 is 0 Å². The monoisotopic (exact) mass is 401 g/mol. The Morgan fingerprint density at radius 3 is 2.34 bits per heavy atom. The molecule has 0 heterocycles. The number of urea groups is 1. The first-order valence-corrected chi connectivity index (χ1v) is 10.5. The van der Waals surface area contributed by atoms with E-state index in [2.05, 4.69) is 47.6 Å². The number of unbranched alkanes of at least 4 members (excludes halogenated alkanes) is 1. The van der Waals surface area contributed by atoms with Gasteiger partial charge in [-0.2, -0.15) is 0 Å². The zero-order chi connectivity index (χ0) is 21.8. The summed E-state index contributed by atoms with van der Waals surface area (Å²) in [5.41, 5.74) is 4.44. The molecule has 0 aliphatic rings. The number of hydrogen-bond donors (Lipinski definition) is 2. The maximum Gasteiger partial charge on any atom is 0.319 e. The second kappa shape index (κ2) is 12.9. The molecular formula is C24H36FN3O. The van der Waals surface area contributed by atoms with Crippen LogP contribution in [0.2, 0.25) is 0 Å². The van der Waals surface area contributed by atoms with Crippen LogP contribution < -0.4 is 10.6 Å². The summed E-state index contributed by atoms with van der Waals surface area (Å²) in [6.07, 6.45) is 3.43. The van der Waals surface area contributed by atoms with Crippen molar-refractivity contribution in [2.24, 2.45) is 0 Å². The average molecular weight is 402 g/mol. The molecule has 0 aromatic heterocycles. The van der Waals surface area contributed by atoms with Crippen molar-refractivity contribution in [3.63, 3.8) is 0 Å². The molecule has 0 aliphatic carbocycles. The number of aryl methyl sites for hydroxylation is 2. The van der Waals surface area contributed by atoms with E-state index in [1.807, 2.05) is 27.9 Å².